The van der Waals surface area contributed by atoms with Crippen LogP contribution in [0, 0.1) is 5.82 Å². The van der Waals surface area contributed by atoms with Gasteiger partial charge in [-0.05, 0) is 63.2 Å². The summed E-state index contributed by atoms with van der Waals surface area (Å²) in [5.41, 5.74) is 0.648. The van der Waals surface area contributed by atoms with Crippen LogP contribution in [0.3, 0.4) is 0 Å². The van der Waals surface area contributed by atoms with Gasteiger partial charge < -0.3 is 19.9 Å². The van der Waals surface area contributed by atoms with Crippen molar-refractivity contribution in [1.82, 2.24) is 9.80 Å². The minimum absolute atomic E-state index is 0.179. The monoisotopic (exact) mass is 427 g/mol. The Morgan fingerprint density at radius 2 is 1.52 bits per heavy atom. The molecule has 1 N–H and O–H groups in total. The van der Waals surface area contributed by atoms with Gasteiger partial charge in [-0.25, -0.2) is 9.18 Å². The fourth-order valence-electron chi connectivity index (χ4n) is 3.14. The van der Waals surface area contributed by atoms with Crippen LogP contribution in [0.5, 0.6) is 0 Å². The topological polar surface area (TPSA) is 79.0 Å². The number of carbonyl (C=O) groups is 3. The minimum atomic E-state index is -0.567. The van der Waals surface area contributed by atoms with E-state index in [1.54, 1.807) is 34.1 Å². The molecule has 0 radical (unpaired) electrons. The molecule has 1 aliphatic heterocycles. The molecule has 1 aliphatic rings. The van der Waals surface area contributed by atoms with Gasteiger partial charge in [0.25, 0.3) is 11.8 Å². The molecule has 0 aromatic heterocycles. The lowest BCUT2D eigenvalue weighted by atomic mass is 10.1. The molecule has 3 amide bonds. The van der Waals surface area contributed by atoms with Crippen molar-refractivity contribution in [2.45, 2.75) is 26.4 Å². The quantitative estimate of drug-likeness (QED) is 0.809. The van der Waals surface area contributed by atoms with Gasteiger partial charge in [0.15, 0.2) is 0 Å². The molecule has 0 saturated carbocycles. The molecule has 1 saturated heterocycles. The van der Waals surface area contributed by atoms with Gasteiger partial charge in [0.2, 0.25) is 0 Å². The van der Waals surface area contributed by atoms with Crippen LogP contribution in [0.25, 0.3) is 0 Å². The Labute approximate surface area is 180 Å². The van der Waals surface area contributed by atoms with E-state index in [0.717, 1.165) is 0 Å². The van der Waals surface area contributed by atoms with Crippen molar-refractivity contribution in [3.05, 3.63) is 65.5 Å². The largest absolute Gasteiger partial charge is 0.444 e. The van der Waals surface area contributed by atoms with Gasteiger partial charge in [0.05, 0.1) is 0 Å². The van der Waals surface area contributed by atoms with E-state index in [4.69, 9.17) is 4.74 Å². The van der Waals surface area contributed by atoms with Crippen molar-refractivity contribution in [2.24, 2.45) is 0 Å². The zero-order valence-corrected chi connectivity index (χ0v) is 17.9. The van der Waals surface area contributed by atoms with Crippen LogP contribution in [-0.2, 0) is 4.74 Å². The average molecular weight is 427 g/mol. The molecule has 0 bridgehead atoms. The minimum Gasteiger partial charge on any atom is -0.444 e. The van der Waals surface area contributed by atoms with Gasteiger partial charge in [0.1, 0.15) is 11.4 Å². The Morgan fingerprint density at radius 1 is 0.903 bits per heavy atom. The van der Waals surface area contributed by atoms with E-state index in [9.17, 15) is 18.8 Å². The molecule has 7 nitrogen and oxygen atoms in total. The van der Waals surface area contributed by atoms with Crippen LogP contribution in [0.1, 0.15) is 41.5 Å². The summed E-state index contributed by atoms with van der Waals surface area (Å²) in [5.74, 6) is -0.992. The standard InChI is InChI=1S/C23H26FN3O4/c1-23(2,3)31-22(30)27-13-11-26(12-14-27)21(29)17-5-4-6-19(15-17)25-20(28)16-7-9-18(24)10-8-16/h4-10,15H,11-14H2,1-3H3,(H,25,28). The lowest BCUT2D eigenvalue weighted by molar-refractivity contribution is 0.0141. The first-order chi connectivity index (χ1) is 14.6. The first-order valence-corrected chi connectivity index (χ1v) is 10.1. The molecule has 0 spiro atoms. The normalized spacial score (nSPS) is 14.2. The molecule has 0 atom stereocenters. The van der Waals surface area contributed by atoms with E-state index in [2.05, 4.69) is 5.32 Å². The fourth-order valence-corrected chi connectivity index (χ4v) is 3.14. The fraction of sp³-hybridized carbons (Fsp3) is 0.348. The number of nitrogens with one attached hydrogen (secondary N) is 1. The van der Waals surface area contributed by atoms with Gasteiger partial charge >= 0.3 is 6.09 Å². The maximum absolute atomic E-state index is 13.0. The van der Waals surface area contributed by atoms with Crippen LogP contribution in [0.15, 0.2) is 48.5 Å². The number of hydrogen-bond acceptors (Lipinski definition) is 4. The highest BCUT2D eigenvalue weighted by molar-refractivity contribution is 6.05. The Kier molecular flexibility index (Phi) is 6.58. The molecule has 2 aromatic carbocycles. The van der Waals surface area contributed by atoms with E-state index in [1.165, 1.54) is 24.3 Å². The number of carbonyl (C=O) groups excluding carboxylic acids is 3. The number of benzene rings is 2. The summed E-state index contributed by atoms with van der Waals surface area (Å²) < 4.78 is 18.4. The molecule has 3 rings (SSSR count). The molecular formula is C23H26FN3O4. The SMILES string of the molecule is CC(C)(C)OC(=O)N1CCN(C(=O)c2cccc(NC(=O)c3ccc(F)cc3)c2)CC1. The smallest absolute Gasteiger partial charge is 0.410 e. The molecule has 1 heterocycles. The Balaban J connectivity index is 1.60. The van der Waals surface area contributed by atoms with Gasteiger partial charge in [-0.3, -0.25) is 9.59 Å². The summed E-state index contributed by atoms with van der Waals surface area (Å²) in [6, 6.07) is 11.9. The number of piperazine rings is 1. The maximum atomic E-state index is 13.0. The third-order valence-electron chi connectivity index (χ3n) is 4.69. The highest BCUT2D eigenvalue weighted by atomic mass is 19.1. The molecule has 1 fully saturated rings. The number of halogens is 1. The maximum Gasteiger partial charge on any atom is 0.410 e. The predicted molar refractivity (Wildman–Crippen MR) is 115 cm³/mol. The zero-order chi connectivity index (χ0) is 22.6. The Hall–Kier alpha value is -3.42. The number of rotatable bonds is 3. The summed E-state index contributed by atoms with van der Waals surface area (Å²) in [4.78, 5) is 40.7. The van der Waals surface area contributed by atoms with Crippen LogP contribution < -0.4 is 5.32 Å². The summed E-state index contributed by atoms with van der Waals surface area (Å²) in [6.45, 7) is 7.00. The second-order valence-corrected chi connectivity index (χ2v) is 8.30. The number of hydrogen-bond donors (Lipinski definition) is 1. The summed E-state index contributed by atoms with van der Waals surface area (Å²) in [6.07, 6.45) is -0.384. The molecule has 8 heteroatoms. The Morgan fingerprint density at radius 3 is 2.13 bits per heavy atom. The summed E-state index contributed by atoms with van der Waals surface area (Å²) in [7, 11) is 0. The highest BCUT2D eigenvalue weighted by Gasteiger charge is 2.28. The molecule has 164 valence electrons. The van der Waals surface area contributed by atoms with Gasteiger partial charge in [0, 0.05) is 43.0 Å². The number of anilines is 1. The first kappa shape index (κ1) is 22.3. The van der Waals surface area contributed by atoms with Crippen molar-refractivity contribution in [1.29, 1.82) is 0 Å². The third-order valence-corrected chi connectivity index (χ3v) is 4.69. The van der Waals surface area contributed by atoms with Crippen molar-refractivity contribution in [3.8, 4) is 0 Å². The van der Waals surface area contributed by atoms with E-state index < -0.39 is 17.3 Å². The Bertz CT molecular complexity index is 962. The molecule has 0 unspecified atom stereocenters. The van der Waals surface area contributed by atoms with E-state index in [1.807, 2.05) is 20.8 Å². The summed E-state index contributed by atoms with van der Waals surface area (Å²) in [5, 5.41) is 2.72. The number of amides is 3. The lowest BCUT2D eigenvalue weighted by Gasteiger charge is -2.35. The van der Waals surface area contributed by atoms with Crippen LogP contribution in [-0.4, -0.2) is 59.5 Å². The van der Waals surface area contributed by atoms with Crippen molar-refractivity contribution in [2.75, 3.05) is 31.5 Å². The molecule has 31 heavy (non-hydrogen) atoms. The summed E-state index contributed by atoms with van der Waals surface area (Å²) >= 11 is 0. The van der Waals surface area contributed by atoms with E-state index >= 15 is 0 Å². The van der Waals surface area contributed by atoms with Crippen LogP contribution >= 0.6 is 0 Å². The van der Waals surface area contributed by atoms with Crippen LogP contribution in [0.2, 0.25) is 0 Å². The lowest BCUT2D eigenvalue weighted by Crippen LogP contribution is -2.51. The van der Waals surface area contributed by atoms with E-state index in [-0.39, 0.29) is 12.0 Å². The second kappa shape index (κ2) is 9.16. The molecular weight excluding hydrogens is 401 g/mol. The van der Waals surface area contributed by atoms with Crippen molar-refractivity contribution < 1.29 is 23.5 Å². The van der Waals surface area contributed by atoms with Crippen LogP contribution in [0.4, 0.5) is 14.9 Å². The zero-order valence-electron chi connectivity index (χ0n) is 17.9. The van der Waals surface area contributed by atoms with E-state index in [0.29, 0.717) is 43.0 Å². The first-order valence-electron chi connectivity index (χ1n) is 10.1. The second-order valence-electron chi connectivity index (χ2n) is 8.30. The van der Waals surface area contributed by atoms with Crippen molar-refractivity contribution in [3.63, 3.8) is 0 Å². The predicted octanol–water partition coefficient (Wildman–Crippen LogP) is 3.77. The average Bonchev–Trinajstić information content (AvgIpc) is 2.73. The molecule has 2 aromatic rings. The number of ether oxygens (including phenoxy) is 1. The molecule has 0 aliphatic carbocycles. The third kappa shape index (κ3) is 6.04. The van der Waals surface area contributed by atoms with Gasteiger partial charge in [-0.1, -0.05) is 6.07 Å². The number of nitrogens with zero attached hydrogens (tertiary/aromatic N) is 2. The highest BCUT2D eigenvalue weighted by Crippen LogP contribution is 2.17. The van der Waals surface area contributed by atoms with Crippen molar-refractivity contribution >= 4 is 23.6 Å². The van der Waals surface area contributed by atoms with Gasteiger partial charge in [-0.15, -0.1) is 0 Å². The van der Waals surface area contributed by atoms with Gasteiger partial charge in [-0.2, -0.15) is 0 Å².